The van der Waals surface area contributed by atoms with Gasteiger partial charge in [-0.3, -0.25) is 0 Å². The summed E-state index contributed by atoms with van der Waals surface area (Å²) in [6.45, 7) is 2.22. The third kappa shape index (κ3) is 2.94. The van der Waals surface area contributed by atoms with E-state index in [1.807, 2.05) is 30.3 Å². The van der Waals surface area contributed by atoms with Gasteiger partial charge in [-0.25, -0.2) is 4.98 Å². The van der Waals surface area contributed by atoms with Gasteiger partial charge in [0.05, 0.1) is 16.1 Å². The number of rotatable bonds is 4. The molecule has 4 aromatic rings. The smallest absolute Gasteiger partial charge is 0.140 e. The zero-order chi connectivity index (χ0) is 17.2. The minimum atomic E-state index is 0.337. The first-order chi connectivity index (χ1) is 12.3. The summed E-state index contributed by atoms with van der Waals surface area (Å²) in [7, 11) is 0. The molecule has 1 N–H and O–H groups in total. The highest BCUT2D eigenvalue weighted by atomic mass is 35.5. The summed E-state index contributed by atoms with van der Waals surface area (Å²) >= 11 is 6.35. The van der Waals surface area contributed by atoms with Gasteiger partial charge in [-0.2, -0.15) is 0 Å². The van der Waals surface area contributed by atoms with Crippen molar-refractivity contribution < 1.29 is 0 Å². The number of benzene rings is 3. The van der Waals surface area contributed by atoms with Crippen LogP contribution in [0.2, 0.25) is 5.02 Å². The van der Waals surface area contributed by atoms with Crippen molar-refractivity contribution in [1.82, 2.24) is 9.97 Å². The van der Waals surface area contributed by atoms with E-state index in [4.69, 9.17) is 16.6 Å². The summed E-state index contributed by atoms with van der Waals surface area (Å²) in [4.78, 5) is 8.29. The van der Waals surface area contributed by atoms with Crippen LogP contribution in [0.3, 0.4) is 0 Å². The van der Waals surface area contributed by atoms with Crippen LogP contribution in [0.25, 0.3) is 22.4 Å². The van der Waals surface area contributed by atoms with Crippen molar-refractivity contribution in [2.45, 2.75) is 19.3 Å². The Morgan fingerprint density at radius 1 is 0.920 bits per heavy atom. The summed E-state index contributed by atoms with van der Waals surface area (Å²) < 4.78 is 0. The van der Waals surface area contributed by atoms with Gasteiger partial charge in [0, 0.05) is 11.5 Å². The average Bonchev–Trinajstić information content (AvgIpc) is 3.08. The van der Waals surface area contributed by atoms with E-state index in [9.17, 15) is 0 Å². The fourth-order valence-corrected chi connectivity index (χ4v) is 3.67. The number of aromatic nitrogens is 2. The summed E-state index contributed by atoms with van der Waals surface area (Å²) in [5.74, 6) is 1.15. The highest BCUT2D eigenvalue weighted by Crippen LogP contribution is 2.34. The number of imidazole rings is 1. The molecule has 0 aliphatic heterocycles. The van der Waals surface area contributed by atoms with Crippen LogP contribution in [0.5, 0.6) is 0 Å². The maximum Gasteiger partial charge on any atom is 0.140 e. The second-order valence-electron chi connectivity index (χ2n) is 6.18. The van der Waals surface area contributed by atoms with Crippen molar-refractivity contribution in [1.29, 1.82) is 0 Å². The number of halogens is 1. The van der Waals surface area contributed by atoms with E-state index < -0.39 is 0 Å². The first kappa shape index (κ1) is 15.9. The van der Waals surface area contributed by atoms with Gasteiger partial charge in [0.15, 0.2) is 0 Å². The molecule has 0 amide bonds. The Balaban J connectivity index is 1.87. The molecule has 3 aromatic carbocycles. The Bertz CT molecular complexity index is 1000. The number of para-hydroxylation sites is 1. The first-order valence-corrected chi connectivity index (χ1v) is 8.94. The van der Waals surface area contributed by atoms with E-state index in [0.29, 0.717) is 10.9 Å². The van der Waals surface area contributed by atoms with Crippen LogP contribution >= 0.6 is 11.6 Å². The Morgan fingerprint density at radius 3 is 2.44 bits per heavy atom. The van der Waals surface area contributed by atoms with Crippen LogP contribution in [-0.4, -0.2) is 9.97 Å². The molecule has 0 saturated carbocycles. The molecule has 3 heteroatoms. The molecule has 2 nitrogen and oxygen atoms in total. The average molecular weight is 347 g/mol. The molecular formula is C22H19ClN2. The van der Waals surface area contributed by atoms with Gasteiger partial charge in [-0.1, -0.05) is 73.1 Å². The lowest BCUT2D eigenvalue weighted by Gasteiger charge is -2.16. The lowest BCUT2D eigenvalue weighted by Crippen LogP contribution is -2.00. The van der Waals surface area contributed by atoms with Crippen molar-refractivity contribution in [3.05, 3.63) is 88.9 Å². The van der Waals surface area contributed by atoms with E-state index in [1.165, 1.54) is 11.1 Å². The summed E-state index contributed by atoms with van der Waals surface area (Å²) in [6, 6.07) is 24.8. The van der Waals surface area contributed by atoms with Crippen molar-refractivity contribution >= 4 is 22.6 Å². The third-order valence-electron chi connectivity index (χ3n) is 4.66. The van der Waals surface area contributed by atoms with E-state index in [-0.39, 0.29) is 0 Å². The van der Waals surface area contributed by atoms with Gasteiger partial charge < -0.3 is 4.98 Å². The van der Waals surface area contributed by atoms with Crippen molar-refractivity contribution in [2.75, 3.05) is 0 Å². The monoisotopic (exact) mass is 346 g/mol. The van der Waals surface area contributed by atoms with Crippen LogP contribution in [0.15, 0.2) is 72.8 Å². The number of nitrogens with one attached hydrogen (secondary N) is 1. The summed E-state index contributed by atoms with van der Waals surface area (Å²) in [5, 5.41) is 0.707. The predicted octanol–water partition coefficient (Wildman–Crippen LogP) is 6.43. The van der Waals surface area contributed by atoms with Gasteiger partial charge in [0.1, 0.15) is 5.82 Å². The number of fused-ring (bicyclic) bond motifs is 1. The topological polar surface area (TPSA) is 28.7 Å². The van der Waals surface area contributed by atoms with Gasteiger partial charge >= 0.3 is 0 Å². The molecule has 1 unspecified atom stereocenters. The fourth-order valence-electron chi connectivity index (χ4n) is 3.45. The molecule has 124 valence electrons. The molecule has 0 saturated heterocycles. The van der Waals surface area contributed by atoms with Crippen molar-refractivity contribution in [3.8, 4) is 11.4 Å². The molecule has 0 aliphatic carbocycles. The van der Waals surface area contributed by atoms with Crippen LogP contribution in [0.1, 0.15) is 30.4 Å². The van der Waals surface area contributed by atoms with Crippen LogP contribution in [0, 0.1) is 0 Å². The Kier molecular flexibility index (Phi) is 4.29. The van der Waals surface area contributed by atoms with E-state index >= 15 is 0 Å². The lowest BCUT2D eigenvalue weighted by atomic mass is 9.88. The van der Waals surface area contributed by atoms with Crippen molar-refractivity contribution in [2.24, 2.45) is 0 Å². The molecule has 4 rings (SSSR count). The maximum atomic E-state index is 6.35. The second-order valence-corrected chi connectivity index (χ2v) is 6.59. The zero-order valence-corrected chi connectivity index (χ0v) is 14.8. The van der Waals surface area contributed by atoms with Crippen molar-refractivity contribution in [3.63, 3.8) is 0 Å². The van der Waals surface area contributed by atoms with Gasteiger partial charge in [0.25, 0.3) is 0 Å². The molecule has 25 heavy (non-hydrogen) atoms. The Hall–Kier alpha value is -2.58. The summed E-state index contributed by atoms with van der Waals surface area (Å²) in [6.07, 6.45) is 1.03. The normalized spacial score (nSPS) is 12.4. The minimum absolute atomic E-state index is 0.337. The number of hydrogen-bond donors (Lipinski definition) is 1. The number of nitrogens with zero attached hydrogens (tertiary/aromatic N) is 1. The molecule has 0 radical (unpaired) electrons. The molecule has 0 bridgehead atoms. The van der Waals surface area contributed by atoms with Crippen LogP contribution in [-0.2, 0) is 0 Å². The van der Waals surface area contributed by atoms with E-state index in [2.05, 4.69) is 54.4 Å². The lowest BCUT2D eigenvalue weighted by molar-refractivity contribution is 0.782. The van der Waals surface area contributed by atoms with E-state index in [1.54, 1.807) is 0 Å². The number of H-pyrrole nitrogens is 1. The highest BCUT2D eigenvalue weighted by Gasteiger charge is 2.17. The van der Waals surface area contributed by atoms with Crippen LogP contribution < -0.4 is 0 Å². The first-order valence-electron chi connectivity index (χ1n) is 8.56. The molecule has 1 heterocycles. The fraction of sp³-hybridized carbons (Fsp3) is 0.136. The standard InChI is InChI=1S/C22H19ClN2/c1-2-16(15-9-4-3-5-10-15)17-12-8-14-20-21(17)25-22(24-20)18-11-6-7-13-19(18)23/h3-14,16H,2H2,1H3,(H,24,25). The molecule has 1 aromatic heterocycles. The molecule has 0 fully saturated rings. The highest BCUT2D eigenvalue weighted by molar-refractivity contribution is 6.33. The third-order valence-corrected chi connectivity index (χ3v) is 4.99. The Labute approximate surface area is 152 Å². The maximum absolute atomic E-state index is 6.35. The number of hydrogen-bond acceptors (Lipinski definition) is 1. The second kappa shape index (κ2) is 6.73. The van der Waals surface area contributed by atoms with Gasteiger partial charge in [0.2, 0.25) is 0 Å². The minimum Gasteiger partial charge on any atom is -0.338 e. The predicted molar refractivity (Wildman–Crippen MR) is 105 cm³/mol. The largest absolute Gasteiger partial charge is 0.338 e. The molecule has 0 aliphatic rings. The number of aromatic amines is 1. The van der Waals surface area contributed by atoms with Gasteiger partial charge in [-0.05, 0) is 35.7 Å². The molecular weight excluding hydrogens is 328 g/mol. The zero-order valence-electron chi connectivity index (χ0n) is 14.0. The SMILES string of the molecule is CCC(c1ccccc1)c1cccc2nc(-c3ccccc3Cl)[nH]c12. The summed E-state index contributed by atoms with van der Waals surface area (Å²) in [5.41, 5.74) is 5.59. The molecule has 0 spiro atoms. The van der Waals surface area contributed by atoms with E-state index in [0.717, 1.165) is 28.8 Å². The van der Waals surface area contributed by atoms with Gasteiger partial charge in [-0.15, -0.1) is 0 Å². The molecule has 1 atom stereocenters. The quantitative estimate of drug-likeness (QED) is 0.453. The van der Waals surface area contributed by atoms with Crippen LogP contribution in [0.4, 0.5) is 0 Å². The Morgan fingerprint density at radius 2 is 1.68 bits per heavy atom.